The Balaban J connectivity index is 1.41. The van der Waals surface area contributed by atoms with Crippen molar-refractivity contribution in [1.29, 1.82) is 0 Å². The lowest BCUT2D eigenvalue weighted by atomic mass is 9.93. The molecule has 1 fully saturated rings. The number of amides is 1. The summed E-state index contributed by atoms with van der Waals surface area (Å²) in [7, 11) is 0. The van der Waals surface area contributed by atoms with Gasteiger partial charge < -0.3 is 15.3 Å². The van der Waals surface area contributed by atoms with Crippen LogP contribution in [-0.4, -0.2) is 55.2 Å². The van der Waals surface area contributed by atoms with E-state index in [-0.39, 0.29) is 29.3 Å². The highest BCUT2D eigenvalue weighted by Crippen LogP contribution is 2.36. The van der Waals surface area contributed by atoms with Gasteiger partial charge in [0, 0.05) is 49.9 Å². The number of piperazine rings is 1. The van der Waals surface area contributed by atoms with Crippen LogP contribution in [0.4, 0.5) is 32.0 Å². The molecule has 0 aromatic heterocycles. The van der Waals surface area contributed by atoms with Crippen LogP contribution in [0.3, 0.4) is 0 Å². The lowest BCUT2D eigenvalue weighted by Gasteiger charge is -2.36. The Morgan fingerprint density at radius 2 is 1.44 bits per heavy atom. The van der Waals surface area contributed by atoms with E-state index in [1.807, 2.05) is 12.1 Å². The lowest BCUT2D eigenvalue weighted by Crippen LogP contribution is -2.46. The van der Waals surface area contributed by atoms with E-state index in [0.29, 0.717) is 30.0 Å². The fraction of sp³-hybridized carbons (Fsp3) is 0.367. The van der Waals surface area contributed by atoms with Crippen LogP contribution >= 0.6 is 23.2 Å². The van der Waals surface area contributed by atoms with Gasteiger partial charge in [-0.3, -0.25) is 9.69 Å². The van der Waals surface area contributed by atoms with Gasteiger partial charge in [0.2, 0.25) is 0 Å². The Labute approximate surface area is 255 Å². The number of nitrogens with zero attached hydrogens (tertiary/aromatic N) is 2. The normalized spacial score (nSPS) is 15.4. The summed E-state index contributed by atoms with van der Waals surface area (Å²) >= 11 is 12.3. The molecule has 3 aromatic rings. The lowest BCUT2D eigenvalue weighted by molar-refractivity contribution is -0.143. The number of rotatable bonds is 9. The van der Waals surface area contributed by atoms with Gasteiger partial charge in [-0.05, 0) is 79.5 Å². The Morgan fingerprint density at radius 3 is 2.00 bits per heavy atom. The van der Waals surface area contributed by atoms with E-state index in [4.69, 9.17) is 23.2 Å². The molecule has 0 saturated carbocycles. The Morgan fingerprint density at radius 1 is 0.837 bits per heavy atom. The van der Waals surface area contributed by atoms with Crippen LogP contribution in [0, 0.1) is 0 Å². The standard InChI is InChI=1S/C30H29Cl2F6N3O2/c31-26-8-3-19(16-27(26)32)20(2-1-9-40-10-12-41(13-11-40)24-4-6-25(42)7-5-24)18-39-28(43)21-14-22(29(33,34)35)17-23(15-21)30(36,37)38/h3-8,14-17,20,42H,1-2,9-13,18H2,(H,39,43). The Hall–Kier alpha value is -3.15. The van der Waals surface area contributed by atoms with Gasteiger partial charge in [0.1, 0.15) is 5.75 Å². The minimum atomic E-state index is -5.06. The third kappa shape index (κ3) is 8.93. The number of phenolic OH excluding ortho intramolecular Hbond substituents is 1. The molecular weight excluding hydrogens is 619 g/mol. The highest BCUT2D eigenvalue weighted by atomic mass is 35.5. The largest absolute Gasteiger partial charge is 0.508 e. The molecule has 1 aliphatic heterocycles. The summed E-state index contributed by atoms with van der Waals surface area (Å²) < 4.78 is 79.7. The fourth-order valence-corrected chi connectivity index (χ4v) is 5.32. The van der Waals surface area contributed by atoms with Crippen LogP contribution in [-0.2, 0) is 12.4 Å². The van der Waals surface area contributed by atoms with Crippen LogP contribution < -0.4 is 10.2 Å². The zero-order valence-electron chi connectivity index (χ0n) is 22.8. The number of carbonyl (C=O) groups is 1. The Bertz CT molecular complexity index is 1380. The first-order valence-electron chi connectivity index (χ1n) is 13.5. The summed E-state index contributed by atoms with van der Waals surface area (Å²) in [6, 6.07) is 12.8. The summed E-state index contributed by atoms with van der Waals surface area (Å²) in [6.45, 7) is 3.93. The Kier molecular flexibility index (Phi) is 10.4. The second-order valence-corrected chi connectivity index (χ2v) is 11.2. The minimum Gasteiger partial charge on any atom is -0.508 e. The van der Waals surface area contributed by atoms with Crippen molar-refractivity contribution in [1.82, 2.24) is 10.2 Å². The van der Waals surface area contributed by atoms with Gasteiger partial charge in [0.15, 0.2) is 0 Å². The SMILES string of the molecule is O=C(NCC(CCCN1CCN(c2ccc(O)cc2)CC1)c1ccc(Cl)c(Cl)c1)c1cc(C(F)(F)F)cc(C(F)(F)F)c1. The van der Waals surface area contributed by atoms with Crippen LogP contribution in [0.1, 0.15) is 45.8 Å². The third-order valence-corrected chi connectivity index (χ3v) is 8.13. The second kappa shape index (κ2) is 13.7. The molecule has 1 atom stereocenters. The first-order chi connectivity index (χ1) is 20.2. The number of nitrogens with one attached hydrogen (secondary N) is 1. The highest BCUT2D eigenvalue weighted by Gasteiger charge is 2.37. The average molecular weight is 648 g/mol. The first kappa shape index (κ1) is 32.8. The van der Waals surface area contributed by atoms with Crippen molar-refractivity contribution in [3.05, 3.63) is 93.0 Å². The number of hydrogen-bond donors (Lipinski definition) is 2. The molecule has 43 heavy (non-hydrogen) atoms. The number of halogens is 8. The van der Waals surface area contributed by atoms with Gasteiger partial charge in [-0.25, -0.2) is 0 Å². The molecule has 1 heterocycles. The topological polar surface area (TPSA) is 55.8 Å². The van der Waals surface area contributed by atoms with Crippen LogP contribution in [0.15, 0.2) is 60.7 Å². The molecule has 3 aromatic carbocycles. The zero-order chi connectivity index (χ0) is 31.4. The molecule has 4 rings (SSSR count). The van der Waals surface area contributed by atoms with Crippen LogP contribution in [0.25, 0.3) is 0 Å². The van der Waals surface area contributed by atoms with Gasteiger partial charge >= 0.3 is 12.4 Å². The summed E-state index contributed by atoms with van der Waals surface area (Å²) in [6.07, 6.45) is -8.85. The van der Waals surface area contributed by atoms with Gasteiger partial charge in [0.05, 0.1) is 21.2 Å². The molecule has 0 spiro atoms. The van der Waals surface area contributed by atoms with Gasteiger partial charge in [-0.1, -0.05) is 29.3 Å². The molecule has 232 valence electrons. The predicted molar refractivity (Wildman–Crippen MR) is 154 cm³/mol. The van der Waals surface area contributed by atoms with Crippen LogP contribution in [0.5, 0.6) is 5.75 Å². The van der Waals surface area contributed by atoms with E-state index in [9.17, 15) is 36.2 Å². The summed E-state index contributed by atoms with van der Waals surface area (Å²) in [5, 5.41) is 12.6. The second-order valence-electron chi connectivity index (χ2n) is 10.4. The maximum absolute atomic E-state index is 13.3. The number of carbonyl (C=O) groups excluding carboxylic acids is 1. The van der Waals surface area contributed by atoms with Crippen molar-refractivity contribution in [2.45, 2.75) is 31.1 Å². The smallest absolute Gasteiger partial charge is 0.416 e. The van der Waals surface area contributed by atoms with Gasteiger partial charge in [-0.15, -0.1) is 0 Å². The molecule has 2 N–H and O–H groups in total. The molecular formula is C30H29Cl2F6N3O2. The summed E-state index contributed by atoms with van der Waals surface area (Å²) in [4.78, 5) is 17.3. The third-order valence-electron chi connectivity index (χ3n) is 7.39. The molecule has 0 radical (unpaired) electrons. The van der Waals surface area contributed by atoms with E-state index < -0.39 is 35.0 Å². The maximum atomic E-state index is 13.3. The van der Waals surface area contributed by atoms with E-state index in [0.717, 1.165) is 44.0 Å². The predicted octanol–water partition coefficient (Wildman–Crippen LogP) is 7.85. The fourth-order valence-electron chi connectivity index (χ4n) is 5.01. The quantitative estimate of drug-likeness (QED) is 0.232. The monoisotopic (exact) mass is 647 g/mol. The van der Waals surface area contributed by atoms with Gasteiger partial charge in [0.25, 0.3) is 5.91 Å². The highest BCUT2D eigenvalue weighted by molar-refractivity contribution is 6.42. The maximum Gasteiger partial charge on any atom is 0.416 e. The van der Waals surface area contributed by atoms with Crippen molar-refractivity contribution in [3.8, 4) is 5.75 Å². The summed E-state index contributed by atoms with van der Waals surface area (Å²) in [5.74, 6) is -1.17. The number of hydrogen-bond acceptors (Lipinski definition) is 4. The first-order valence-corrected chi connectivity index (χ1v) is 14.3. The number of alkyl halides is 6. The average Bonchev–Trinajstić information content (AvgIpc) is 2.96. The molecule has 13 heteroatoms. The van der Waals surface area contributed by atoms with Crippen molar-refractivity contribution in [3.63, 3.8) is 0 Å². The molecule has 5 nitrogen and oxygen atoms in total. The van der Waals surface area contributed by atoms with Crippen molar-refractivity contribution in [2.24, 2.45) is 0 Å². The van der Waals surface area contributed by atoms with Crippen molar-refractivity contribution < 1.29 is 36.2 Å². The number of phenols is 1. The number of benzene rings is 3. The molecule has 1 saturated heterocycles. The van der Waals surface area contributed by atoms with Gasteiger partial charge in [-0.2, -0.15) is 26.3 Å². The minimum absolute atomic E-state index is 0.0141. The summed E-state index contributed by atoms with van der Waals surface area (Å²) in [5.41, 5.74) is -2.09. The van der Waals surface area contributed by atoms with Crippen molar-refractivity contribution >= 4 is 34.8 Å². The van der Waals surface area contributed by atoms with E-state index in [1.165, 1.54) is 0 Å². The van der Waals surface area contributed by atoms with Crippen LogP contribution in [0.2, 0.25) is 10.0 Å². The molecule has 1 unspecified atom stereocenters. The molecule has 0 bridgehead atoms. The number of aromatic hydroxyl groups is 1. The van der Waals surface area contributed by atoms with E-state index in [2.05, 4.69) is 15.1 Å². The molecule has 1 aliphatic rings. The zero-order valence-corrected chi connectivity index (χ0v) is 24.3. The van der Waals surface area contributed by atoms with E-state index in [1.54, 1.807) is 30.3 Å². The molecule has 0 aliphatic carbocycles. The van der Waals surface area contributed by atoms with Crippen molar-refractivity contribution in [2.75, 3.05) is 44.2 Å². The number of anilines is 1. The van der Waals surface area contributed by atoms with E-state index >= 15 is 0 Å². The molecule has 1 amide bonds.